The highest BCUT2D eigenvalue weighted by molar-refractivity contribution is 6.35. The topological polar surface area (TPSA) is 37.4 Å². The summed E-state index contributed by atoms with van der Waals surface area (Å²) in [7, 11) is 0. The van der Waals surface area contributed by atoms with Gasteiger partial charge in [0.15, 0.2) is 0 Å². The number of ether oxygens (including phenoxy) is 1. The Morgan fingerprint density at radius 1 is 1.14 bits per heavy atom. The second kappa shape index (κ2) is 9.02. The third-order valence-corrected chi connectivity index (χ3v) is 5.88. The molecular weight excluding hydrogens is 382 g/mol. The molecule has 0 unspecified atom stereocenters. The number of para-hydroxylation sites is 1. The van der Waals surface area contributed by atoms with Gasteiger partial charge in [-0.05, 0) is 56.0 Å². The van der Waals surface area contributed by atoms with Crippen molar-refractivity contribution >= 4 is 28.3 Å². The van der Waals surface area contributed by atoms with Crippen molar-refractivity contribution in [2.24, 2.45) is 0 Å². The van der Waals surface area contributed by atoms with Crippen LogP contribution in [-0.2, 0) is 6.54 Å². The van der Waals surface area contributed by atoms with Crippen molar-refractivity contribution in [3.8, 4) is 5.75 Å². The van der Waals surface area contributed by atoms with Crippen LogP contribution in [0.3, 0.4) is 0 Å². The summed E-state index contributed by atoms with van der Waals surface area (Å²) >= 11 is 6.44. The molecule has 3 aromatic rings. The molecule has 0 saturated carbocycles. The zero-order valence-electron chi connectivity index (χ0n) is 17.1. The molecule has 152 valence electrons. The van der Waals surface area contributed by atoms with Crippen LogP contribution in [0.5, 0.6) is 5.75 Å². The first-order valence-corrected chi connectivity index (χ1v) is 10.8. The third kappa shape index (κ3) is 4.82. The van der Waals surface area contributed by atoms with E-state index in [2.05, 4.69) is 35.3 Å². The molecule has 0 atom stereocenters. The zero-order chi connectivity index (χ0) is 20.2. The molecule has 4 nitrogen and oxygen atoms in total. The Morgan fingerprint density at radius 2 is 1.93 bits per heavy atom. The van der Waals surface area contributed by atoms with E-state index in [-0.39, 0.29) is 0 Å². The highest BCUT2D eigenvalue weighted by Gasteiger charge is 2.20. The Morgan fingerprint density at radius 3 is 2.72 bits per heavy atom. The van der Waals surface area contributed by atoms with Crippen molar-refractivity contribution in [1.29, 1.82) is 0 Å². The number of pyridine rings is 1. The van der Waals surface area contributed by atoms with Crippen LogP contribution in [0.2, 0.25) is 5.02 Å². The number of hydrogen-bond acceptors (Lipinski definition) is 4. The van der Waals surface area contributed by atoms with E-state index >= 15 is 0 Å². The number of halogens is 1. The minimum Gasteiger partial charge on any atom is -0.494 e. The number of rotatable bonds is 6. The largest absolute Gasteiger partial charge is 0.494 e. The summed E-state index contributed by atoms with van der Waals surface area (Å²) in [6, 6.07) is 16.9. The summed E-state index contributed by atoms with van der Waals surface area (Å²) in [6.45, 7) is 7.93. The Hall–Kier alpha value is -2.30. The van der Waals surface area contributed by atoms with E-state index < -0.39 is 0 Å². The van der Waals surface area contributed by atoms with Crippen LogP contribution in [0, 0.1) is 6.92 Å². The predicted molar refractivity (Wildman–Crippen MR) is 121 cm³/mol. The third-order valence-electron chi connectivity index (χ3n) is 5.56. The van der Waals surface area contributed by atoms with Gasteiger partial charge in [0, 0.05) is 31.1 Å². The normalized spacial score (nSPS) is 15.6. The Labute approximate surface area is 177 Å². The van der Waals surface area contributed by atoms with Crippen molar-refractivity contribution in [1.82, 2.24) is 9.88 Å². The van der Waals surface area contributed by atoms with Gasteiger partial charge in [0.1, 0.15) is 11.6 Å². The fourth-order valence-electron chi connectivity index (χ4n) is 3.96. The van der Waals surface area contributed by atoms with Gasteiger partial charge in [-0.2, -0.15) is 0 Å². The lowest BCUT2D eigenvalue weighted by atomic mass is 10.0. The molecule has 1 aliphatic rings. The fourth-order valence-corrected chi connectivity index (χ4v) is 4.23. The van der Waals surface area contributed by atoms with Gasteiger partial charge in [0.05, 0.1) is 17.1 Å². The maximum Gasteiger partial charge on any atom is 0.128 e. The van der Waals surface area contributed by atoms with E-state index in [1.54, 1.807) is 0 Å². The molecule has 29 heavy (non-hydrogen) atoms. The number of anilines is 1. The lowest BCUT2D eigenvalue weighted by molar-refractivity contribution is 0.211. The van der Waals surface area contributed by atoms with Crippen LogP contribution in [0.25, 0.3) is 10.9 Å². The number of fused-ring (bicyclic) bond motifs is 1. The second-order valence-corrected chi connectivity index (χ2v) is 8.14. The Balaban J connectivity index is 1.35. The Bertz CT molecular complexity index is 983. The van der Waals surface area contributed by atoms with Gasteiger partial charge in [0.2, 0.25) is 0 Å². The molecule has 1 fully saturated rings. The van der Waals surface area contributed by atoms with Gasteiger partial charge in [-0.15, -0.1) is 0 Å². The van der Waals surface area contributed by atoms with Crippen molar-refractivity contribution in [2.75, 3.05) is 25.0 Å². The van der Waals surface area contributed by atoms with Crippen molar-refractivity contribution in [3.63, 3.8) is 0 Å². The molecule has 0 aliphatic carbocycles. The molecule has 1 aliphatic heterocycles. The highest BCUT2D eigenvalue weighted by atomic mass is 35.5. The average Bonchev–Trinajstić information content (AvgIpc) is 2.72. The quantitative estimate of drug-likeness (QED) is 0.569. The molecule has 1 saturated heterocycles. The number of nitrogens with one attached hydrogen (secondary N) is 1. The minimum atomic E-state index is 0.424. The van der Waals surface area contributed by atoms with Gasteiger partial charge in [-0.25, -0.2) is 4.98 Å². The first-order chi connectivity index (χ1) is 14.1. The van der Waals surface area contributed by atoms with Gasteiger partial charge in [0.25, 0.3) is 0 Å². The molecule has 5 heteroatoms. The molecule has 0 bridgehead atoms. The van der Waals surface area contributed by atoms with Crippen LogP contribution in [0.4, 0.5) is 5.82 Å². The summed E-state index contributed by atoms with van der Waals surface area (Å²) in [5, 5.41) is 5.34. The minimum absolute atomic E-state index is 0.424. The maximum absolute atomic E-state index is 6.44. The van der Waals surface area contributed by atoms with Crippen LogP contribution in [0.1, 0.15) is 30.9 Å². The average molecular weight is 410 g/mol. The maximum atomic E-state index is 6.44. The van der Waals surface area contributed by atoms with Gasteiger partial charge < -0.3 is 10.1 Å². The van der Waals surface area contributed by atoms with E-state index in [0.29, 0.717) is 12.6 Å². The lowest BCUT2D eigenvalue weighted by Gasteiger charge is -2.32. The van der Waals surface area contributed by atoms with Crippen molar-refractivity contribution in [3.05, 3.63) is 64.7 Å². The molecule has 0 amide bonds. The number of hydrogen-bond donors (Lipinski definition) is 1. The van der Waals surface area contributed by atoms with E-state index in [9.17, 15) is 0 Å². The first kappa shape index (κ1) is 20.0. The number of likely N-dealkylation sites (tertiary alicyclic amines) is 1. The van der Waals surface area contributed by atoms with Crippen LogP contribution in [-0.4, -0.2) is 35.6 Å². The highest BCUT2D eigenvalue weighted by Crippen LogP contribution is 2.27. The smallest absolute Gasteiger partial charge is 0.128 e. The standard InChI is InChI=1S/C24H28ClN3O/c1-3-29-23-14-18(9-8-17(23)2)16-28-12-10-19(11-13-28)26-24-15-21(25)20-6-4-5-7-22(20)27-24/h4-9,14-15,19H,3,10-13,16H2,1-2H3,(H,26,27). The number of piperidine rings is 1. The molecular formula is C24H28ClN3O. The molecule has 1 N–H and O–H groups in total. The molecule has 4 rings (SSSR count). The summed E-state index contributed by atoms with van der Waals surface area (Å²) < 4.78 is 5.74. The molecule has 2 heterocycles. The van der Waals surface area contributed by atoms with E-state index in [4.69, 9.17) is 21.3 Å². The van der Waals surface area contributed by atoms with E-state index in [1.165, 1.54) is 11.1 Å². The van der Waals surface area contributed by atoms with Crippen molar-refractivity contribution < 1.29 is 4.74 Å². The summed E-state index contributed by atoms with van der Waals surface area (Å²) in [5.74, 6) is 1.87. The Kier molecular flexibility index (Phi) is 6.22. The lowest BCUT2D eigenvalue weighted by Crippen LogP contribution is -2.38. The molecule has 2 aromatic carbocycles. The summed E-state index contributed by atoms with van der Waals surface area (Å²) in [6.07, 6.45) is 2.19. The predicted octanol–water partition coefficient (Wildman–Crippen LogP) is 5.67. The molecule has 0 radical (unpaired) electrons. The van der Waals surface area contributed by atoms with Crippen LogP contribution < -0.4 is 10.1 Å². The summed E-state index contributed by atoms with van der Waals surface area (Å²) in [5.41, 5.74) is 3.44. The first-order valence-electron chi connectivity index (χ1n) is 10.4. The number of aryl methyl sites for hydroxylation is 1. The SMILES string of the molecule is CCOc1cc(CN2CCC(Nc3cc(Cl)c4ccccc4n3)CC2)ccc1C. The molecule has 1 aromatic heterocycles. The number of nitrogens with zero attached hydrogens (tertiary/aromatic N) is 2. The van der Waals surface area contributed by atoms with E-state index in [1.807, 2.05) is 37.3 Å². The van der Waals surface area contributed by atoms with Crippen LogP contribution >= 0.6 is 11.6 Å². The van der Waals surface area contributed by atoms with Crippen molar-refractivity contribution in [2.45, 2.75) is 39.3 Å². The fraction of sp³-hybridized carbons (Fsp3) is 0.375. The van der Waals surface area contributed by atoms with Gasteiger partial charge in [-0.3, -0.25) is 4.90 Å². The number of aromatic nitrogens is 1. The van der Waals surface area contributed by atoms with Gasteiger partial charge >= 0.3 is 0 Å². The summed E-state index contributed by atoms with van der Waals surface area (Å²) in [4.78, 5) is 7.24. The van der Waals surface area contributed by atoms with E-state index in [0.717, 1.165) is 60.0 Å². The number of benzene rings is 2. The van der Waals surface area contributed by atoms with Gasteiger partial charge in [-0.1, -0.05) is 41.9 Å². The monoisotopic (exact) mass is 409 g/mol. The second-order valence-electron chi connectivity index (χ2n) is 7.73. The van der Waals surface area contributed by atoms with Crippen LogP contribution in [0.15, 0.2) is 48.5 Å². The molecule has 0 spiro atoms. The zero-order valence-corrected chi connectivity index (χ0v) is 17.9.